The van der Waals surface area contributed by atoms with Gasteiger partial charge in [0.25, 0.3) is 0 Å². The van der Waals surface area contributed by atoms with Gasteiger partial charge in [-0.1, -0.05) is 12.8 Å². The second kappa shape index (κ2) is 5.25. The molecule has 1 atom stereocenters. The molecule has 3 rings (SSSR count). The van der Waals surface area contributed by atoms with Crippen LogP contribution in [-0.2, 0) is 6.54 Å². The lowest BCUT2D eigenvalue weighted by atomic mass is 9.91. The van der Waals surface area contributed by atoms with Crippen LogP contribution in [0, 0.1) is 6.92 Å². The van der Waals surface area contributed by atoms with Crippen molar-refractivity contribution in [2.45, 2.75) is 57.7 Å². The highest BCUT2D eigenvalue weighted by Crippen LogP contribution is 2.36. The molecule has 106 valence electrons. The number of aryl methyl sites for hydroxylation is 1. The van der Waals surface area contributed by atoms with Crippen molar-refractivity contribution in [3.05, 3.63) is 18.2 Å². The second-order valence-electron chi connectivity index (χ2n) is 6.33. The average molecular weight is 262 g/mol. The van der Waals surface area contributed by atoms with Crippen molar-refractivity contribution in [1.29, 1.82) is 0 Å². The maximum Gasteiger partial charge on any atom is 0.105 e. The van der Waals surface area contributed by atoms with Gasteiger partial charge >= 0.3 is 0 Å². The van der Waals surface area contributed by atoms with Gasteiger partial charge in [0.15, 0.2) is 0 Å². The van der Waals surface area contributed by atoms with Crippen molar-refractivity contribution in [1.82, 2.24) is 19.8 Å². The van der Waals surface area contributed by atoms with Gasteiger partial charge in [-0.2, -0.15) is 0 Å². The molecule has 19 heavy (non-hydrogen) atoms. The van der Waals surface area contributed by atoms with Crippen LogP contribution in [0.2, 0.25) is 0 Å². The number of hydrogen-bond donors (Lipinski definition) is 1. The van der Waals surface area contributed by atoms with Gasteiger partial charge in [0.1, 0.15) is 5.82 Å². The molecular formula is C15H26N4. The van der Waals surface area contributed by atoms with Crippen LogP contribution in [0.1, 0.15) is 38.4 Å². The van der Waals surface area contributed by atoms with Crippen LogP contribution in [0.25, 0.3) is 0 Å². The summed E-state index contributed by atoms with van der Waals surface area (Å²) in [4.78, 5) is 7.07. The van der Waals surface area contributed by atoms with Gasteiger partial charge in [0.05, 0.1) is 0 Å². The molecule has 1 N–H and O–H groups in total. The molecular weight excluding hydrogens is 236 g/mol. The summed E-state index contributed by atoms with van der Waals surface area (Å²) in [6.07, 6.45) is 9.54. The molecule has 1 saturated carbocycles. The maximum absolute atomic E-state index is 4.32. The highest BCUT2D eigenvalue weighted by atomic mass is 15.3. The van der Waals surface area contributed by atoms with Crippen LogP contribution in [-0.4, -0.2) is 45.7 Å². The number of nitrogens with zero attached hydrogens (tertiary/aromatic N) is 3. The molecule has 1 spiro atoms. The minimum absolute atomic E-state index is 0.445. The molecule has 4 nitrogen and oxygen atoms in total. The summed E-state index contributed by atoms with van der Waals surface area (Å²) in [6, 6.07) is 0.620. The summed E-state index contributed by atoms with van der Waals surface area (Å²) in [5, 5.41) is 3.69. The lowest BCUT2D eigenvalue weighted by molar-refractivity contribution is 0.0434. The Bertz CT molecular complexity index is 420. The number of piperazine rings is 1. The van der Waals surface area contributed by atoms with E-state index in [0.717, 1.165) is 18.9 Å². The van der Waals surface area contributed by atoms with Gasteiger partial charge in [-0.3, -0.25) is 4.90 Å². The molecule has 2 fully saturated rings. The lowest BCUT2D eigenvalue weighted by Gasteiger charge is -2.48. The van der Waals surface area contributed by atoms with Gasteiger partial charge in [-0.05, 0) is 26.7 Å². The smallest absolute Gasteiger partial charge is 0.105 e. The van der Waals surface area contributed by atoms with Gasteiger partial charge in [-0.25, -0.2) is 4.98 Å². The molecule has 2 aliphatic rings. The van der Waals surface area contributed by atoms with Crippen molar-refractivity contribution in [2.24, 2.45) is 0 Å². The first-order valence-electron chi connectivity index (χ1n) is 7.66. The Hall–Kier alpha value is -0.870. The predicted molar refractivity (Wildman–Crippen MR) is 77.2 cm³/mol. The summed E-state index contributed by atoms with van der Waals surface area (Å²) in [7, 11) is 0. The van der Waals surface area contributed by atoms with E-state index in [1.165, 1.54) is 38.8 Å². The van der Waals surface area contributed by atoms with E-state index >= 15 is 0 Å². The zero-order valence-electron chi connectivity index (χ0n) is 12.2. The van der Waals surface area contributed by atoms with Gasteiger partial charge in [0.2, 0.25) is 0 Å². The van der Waals surface area contributed by atoms with Crippen molar-refractivity contribution in [3.63, 3.8) is 0 Å². The largest absolute Gasteiger partial charge is 0.334 e. The van der Waals surface area contributed by atoms with Crippen LogP contribution in [0.4, 0.5) is 0 Å². The Labute approximate surface area is 116 Å². The first-order chi connectivity index (χ1) is 9.20. The summed E-state index contributed by atoms with van der Waals surface area (Å²) < 4.78 is 2.27. The Morgan fingerprint density at radius 3 is 2.84 bits per heavy atom. The molecule has 2 heterocycles. The molecule has 0 bridgehead atoms. The Kier molecular flexibility index (Phi) is 3.63. The first-order valence-corrected chi connectivity index (χ1v) is 7.66. The normalized spacial score (nSPS) is 27.2. The Morgan fingerprint density at radius 2 is 2.16 bits per heavy atom. The molecule has 1 aliphatic heterocycles. The summed E-state index contributed by atoms with van der Waals surface area (Å²) >= 11 is 0. The van der Waals surface area contributed by atoms with E-state index in [1.54, 1.807) is 0 Å². The average Bonchev–Trinajstić information content (AvgIpc) is 3.01. The van der Waals surface area contributed by atoms with Crippen LogP contribution >= 0.6 is 0 Å². The number of aromatic nitrogens is 2. The number of hydrogen-bond acceptors (Lipinski definition) is 3. The molecule has 0 amide bonds. The highest BCUT2D eigenvalue weighted by molar-refractivity contribution is 5.01. The van der Waals surface area contributed by atoms with Gasteiger partial charge in [0, 0.05) is 50.2 Å². The monoisotopic (exact) mass is 262 g/mol. The topological polar surface area (TPSA) is 33.1 Å². The number of rotatable bonds is 3. The molecule has 0 aromatic carbocycles. The van der Waals surface area contributed by atoms with Crippen molar-refractivity contribution >= 4 is 0 Å². The molecule has 1 aromatic heterocycles. The zero-order chi connectivity index (χ0) is 13.3. The van der Waals surface area contributed by atoms with Crippen molar-refractivity contribution in [3.8, 4) is 0 Å². The van der Waals surface area contributed by atoms with E-state index in [4.69, 9.17) is 0 Å². The van der Waals surface area contributed by atoms with E-state index in [0.29, 0.717) is 11.6 Å². The summed E-state index contributed by atoms with van der Waals surface area (Å²) in [5.41, 5.74) is 0.445. The molecule has 1 aliphatic carbocycles. The van der Waals surface area contributed by atoms with Crippen LogP contribution in [0.5, 0.6) is 0 Å². The number of nitrogens with one attached hydrogen (secondary N) is 1. The lowest BCUT2D eigenvalue weighted by Crippen LogP contribution is -2.63. The van der Waals surface area contributed by atoms with E-state index in [9.17, 15) is 0 Å². The van der Waals surface area contributed by atoms with Gasteiger partial charge < -0.3 is 9.88 Å². The SMILES string of the molecule is Cc1nccn1CCN1CC(C)NCC12CCCC2. The van der Waals surface area contributed by atoms with E-state index in [1.807, 2.05) is 6.20 Å². The third-order valence-electron chi connectivity index (χ3n) is 5.01. The minimum atomic E-state index is 0.445. The second-order valence-corrected chi connectivity index (χ2v) is 6.33. The van der Waals surface area contributed by atoms with Crippen LogP contribution < -0.4 is 5.32 Å². The standard InChI is InChI=1S/C15H26N4/c1-13-11-19(10-9-18-8-7-16-14(18)2)15(12-17-13)5-3-4-6-15/h7-8,13,17H,3-6,9-12H2,1-2H3. The zero-order valence-corrected chi connectivity index (χ0v) is 12.2. The summed E-state index contributed by atoms with van der Waals surface area (Å²) in [6.45, 7) is 8.98. The maximum atomic E-state index is 4.32. The molecule has 0 radical (unpaired) electrons. The molecule has 1 unspecified atom stereocenters. The van der Waals surface area contributed by atoms with Crippen LogP contribution in [0.15, 0.2) is 12.4 Å². The third kappa shape index (κ3) is 2.56. The van der Waals surface area contributed by atoms with Crippen LogP contribution in [0.3, 0.4) is 0 Å². The van der Waals surface area contributed by atoms with Crippen molar-refractivity contribution in [2.75, 3.05) is 19.6 Å². The highest BCUT2D eigenvalue weighted by Gasteiger charge is 2.42. The van der Waals surface area contributed by atoms with E-state index in [2.05, 4.69) is 39.8 Å². The molecule has 1 aromatic rings. The minimum Gasteiger partial charge on any atom is -0.334 e. The molecule has 4 heteroatoms. The fourth-order valence-corrected chi connectivity index (χ4v) is 3.79. The quantitative estimate of drug-likeness (QED) is 0.901. The Morgan fingerprint density at radius 1 is 1.37 bits per heavy atom. The van der Waals surface area contributed by atoms with E-state index in [-0.39, 0.29) is 0 Å². The Balaban J connectivity index is 1.67. The number of imidazole rings is 1. The van der Waals surface area contributed by atoms with Crippen molar-refractivity contribution < 1.29 is 0 Å². The summed E-state index contributed by atoms with van der Waals surface area (Å²) in [5.74, 6) is 1.13. The first kappa shape index (κ1) is 13.1. The van der Waals surface area contributed by atoms with E-state index < -0.39 is 0 Å². The van der Waals surface area contributed by atoms with Gasteiger partial charge in [-0.15, -0.1) is 0 Å². The molecule has 1 saturated heterocycles. The predicted octanol–water partition coefficient (Wildman–Crippen LogP) is 1.80. The fraction of sp³-hybridized carbons (Fsp3) is 0.800. The third-order valence-corrected chi connectivity index (χ3v) is 5.01. The fourth-order valence-electron chi connectivity index (χ4n) is 3.79.